The molecule has 3 amide bonds. The fourth-order valence-corrected chi connectivity index (χ4v) is 4.68. The Hall–Kier alpha value is -4.34. The molecule has 10 heteroatoms. The van der Waals surface area contributed by atoms with Crippen LogP contribution in [0.5, 0.6) is 5.75 Å². The minimum atomic E-state index is -0.879. The third-order valence-electron chi connectivity index (χ3n) is 6.63. The zero-order valence-electron chi connectivity index (χ0n) is 21.6. The van der Waals surface area contributed by atoms with E-state index < -0.39 is 18.2 Å². The Kier molecular flexibility index (Phi) is 8.62. The summed E-state index contributed by atoms with van der Waals surface area (Å²) in [6, 6.07) is 13.4. The van der Waals surface area contributed by atoms with Crippen LogP contribution in [0.2, 0.25) is 0 Å². The average Bonchev–Trinajstić information content (AvgIpc) is 3.42. The first-order chi connectivity index (χ1) is 18.4. The molecule has 1 aromatic heterocycles. The molecule has 4 rings (SSSR count). The Balaban J connectivity index is 1.44. The number of hydrogen-bond donors (Lipinski definition) is 3. The van der Waals surface area contributed by atoms with E-state index in [1.165, 1.54) is 0 Å². The van der Waals surface area contributed by atoms with Gasteiger partial charge in [-0.25, -0.2) is 9.78 Å². The van der Waals surface area contributed by atoms with Gasteiger partial charge in [0.2, 0.25) is 11.8 Å². The number of carbonyl (C=O) groups is 3. The second-order valence-electron chi connectivity index (χ2n) is 9.13. The smallest absolute Gasteiger partial charge is 0.407 e. The molecular weight excluding hydrogens is 486 g/mol. The highest BCUT2D eigenvalue weighted by molar-refractivity contribution is 5.93. The highest BCUT2D eigenvalue weighted by Gasteiger charge is 2.37. The van der Waals surface area contributed by atoms with Crippen molar-refractivity contribution in [3.05, 3.63) is 65.9 Å². The van der Waals surface area contributed by atoms with Gasteiger partial charge in [-0.1, -0.05) is 24.3 Å². The normalized spacial score (nSPS) is 15.6. The van der Waals surface area contributed by atoms with Gasteiger partial charge < -0.3 is 30.7 Å². The third-order valence-corrected chi connectivity index (χ3v) is 6.63. The lowest BCUT2D eigenvalue weighted by atomic mass is 10.0. The van der Waals surface area contributed by atoms with E-state index in [2.05, 4.69) is 15.6 Å². The Morgan fingerprint density at radius 3 is 2.63 bits per heavy atom. The van der Waals surface area contributed by atoms with Crippen LogP contribution < -0.4 is 21.1 Å². The van der Waals surface area contributed by atoms with Gasteiger partial charge in [0.15, 0.2) is 0 Å². The topological polar surface area (TPSA) is 136 Å². The van der Waals surface area contributed by atoms with E-state index in [1.54, 1.807) is 37.3 Å². The number of methoxy groups -OCH3 is 1. The van der Waals surface area contributed by atoms with Gasteiger partial charge in [0.25, 0.3) is 0 Å². The maximum absolute atomic E-state index is 13.6. The lowest BCUT2D eigenvalue weighted by Crippen LogP contribution is -2.54. The van der Waals surface area contributed by atoms with E-state index in [1.807, 2.05) is 36.4 Å². The average molecular weight is 520 g/mol. The van der Waals surface area contributed by atoms with Crippen LogP contribution in [0.3, 0.4) is 0 Å². The number of fused-ring (bicyclic) bond motifs is 1. The number of ether oxygens (including phenoxy) is 2. The summed E-state index contributed by atoms with van der Waals surface area (Å²) in [6.07, 6.45) is 2.47. The molecule has 0 bridgehead atoms. The van der Waals surface area contributed by atoms with E-state index >= 15 is 0 Å². The molecule has 0 unspecified atom stereocenters. The van der Waals surface area contributed by atoms with Crippen molar-refractivity contribution in [1.29, 1.82) is 0 Å². The molecule has 3 aromatic rings. The molecule has 0 aliphatic carbocycles. The van der Waals surface area contributed by atoms with Gasteiger partial charge in [0.1, 0.15) is 23.7 Å². The quantitative estimate of drug-likeness (QED) is 0.395. The first kappa shape index (κ1) is 26.7. The molecule has 0 saturated carbocycles. The molecule has 1 fully saturated rings. The molecule has 10 nitrogen and oxygen atoms in total. The van der Waals surface area contributed by atoms with Gasteiger partial charge in [-0.15, -0.1) is 0 Å². The lowest BCUT2D eigenvalue weighted by Gasteiger charge is -2.28. The molecule has 2 atom stereocenters. The zero-order valence-corrected chi connectivity index (χ0v) is 21.6. The number of alkyl carbamates (subject to hydrolysis) is 1. The van der Waals surface area contributed by atoms with Gasteiger partial charge in [-0.3, -0.25) is 9.59 Å². The Bertz CT molecular complexity index is 1300. The Morgan fingerprint density at radius 2 is 1.89 bits per heavy atom. The number of anilines is 1. The number of hydrogen-bond acceptors (Lipinski definition) is 7. The first-order valence-electron chi connectivity index (χ1n) is 12.7. The summed E-state index contributed by atoms with van der Waals surface area (Å²) in [7, 11) is 1.58. The number of nitrogen functional groups attached to an aromatic ring is 1. The fraction of sp³-hybridized carbons (Fsp3) is 0.357. The van der Waals surface area contributed by atoms with E-state index in [0.717, 1.165) is 21.9 Å². The molecule has 1 saturated heterocycles. The van der Waals surface area contributed by atoms with Crippen LogP contribution in [0.1, 0.15) is 30.9 Å². The number of rotatable bonds is 9. The summed E-state index contributed by atoms with van der Waals surface area (Å²) in [4.78, 5) is 44.7. The van der Waals surface area contributed by atoms with Crippen LogP contribution in [0, 0.1) is 0 Å². The first-order valence-corrected chi connectivity index (χ1v) is 12.7. The van der Waals surface area contributed by atoms with Crippen molar-refractivity contribution >= 4 is 34.5 Å². The number of amides is 3. The number of aromatic nitrogens is 1. The van der Waals surface area contributed by atoms with E-state index in [-0.39, 0.29) is 24.8 Å². The number of pyridine rings is 1. The summed E-state index contributed by atoms with van der Waals surface area (Å²) in [5, 5.41) is 7.43. The van der Waals surface area contributed by atoms with Crippen LogP contribution in [0.4, 0.5) is 10.6 Å². The van der Waals surface area contributed by atoms with Gasteiger partial charge >= 0.3 is 6.09 Å². The Morgan fingerprint density at radius 1 is 1.13 bits per heavy atom. The van der Waals surface area contributed by atoms with Crippen molar-refractivity contribution in [1.82, 2.24) is 20.5 Å². The van der Waals surface area contributed by atoms with Gasteiger partial charge in [-0.05, 0) is 60.5 Å². The van der Waals surface area contributed by atoms with Gasteiger partial charge in [0, 0.05) is 31.1 Å². The molecule has 4 N–H and O–H groups in total. The second kappa shape index (κ2) is 12.3. The molecule has 2 heterocycles. The second-order valence-corrected chi connectivity index (χ2v) is 9.13. The number of benzene rings is 2. The predicted octanol–water partition coefficient (Wildman–Crippen LogP) is 2.79. The third kappa shape index (κ3) is 6.31. The maximum atomic E-state index is 13.6. The lowest BCUT2D eigenvalue weighted by molar-refractivity contribution is -0.140. The monoisotopic (exact) mass is 519 g/mol. The summed E-state index contributed by atoms with van der Waals surface area (Å²) < 4.78 is 10.2. The molecule has 1 aliphatic heterocycles. The summed E-state index contributed by atoms with van der Waals surface area (Å²) in [5.74, 6) is 0.598. The molecule has 200 valence electrons. The van der Waals surface area contributed by atoms with Crippen LogP contribution in [0.25, 0.3) is 10.8 Å². The van der Waals surface area contributed by atoms with Crippen molar-refractivity contribution < 1.29 is 23.9 Å². The minimum Gasteiger partial charge on any atom is -0.497 e. The summed E-state index contributed by atoms with van der Waals surface area (Å²) in [5.41, 5.74) is 7.68. The summed E-state index contributed by atoms with van der Waals surface area (Å²) >= 11 is 0. The van der Waals surface area contributed by atoms with Crippen molar-refractivity contribution in [3.8, 4) is 5.75 Å². The molecule has 2 aromatic carbocycles. The standard InChI is InChI=1S/C28H33N5O5/c1-3-38-28(36)32-23(16-18-6-9-21(37-2)10-7-18)27(35)33-14-4-5-24(33)26(34)31-17-19-8-11-22-20(15-19)12-13-30-25(22)29/h6-13,15,23-24H,3-5,14,16-17H2,1-2H3,(H2,29,30)(H,31,34)(H,32,36)/t23-,24+/m1/s1. The maximum Gasteiger partial charge on any atom is 0.407 e. The molecule has 0 spiro atoms. The van der Waals surface area contributed by atoms with E-state index in [9.17, 15) is 14.4 Å². The van der Waals surface area contributed by atoms with E-state index in [0.29, 0.717) is 37.5 Å². The number of likely N-dealkylation sites (tertiary alicyclic amines) is 1. The van der Waals surface area contributed by atoms with Gasteiger partial charge in [-0.2, -0.15) is 0 Å². The number of nitrogens with zero attached hydrogens (tertiary/aromatic N) is 2. The van der Waals surface area contributed by atoms with Crippen molar-refractivity contribution in [2.75, 3.05) is 26.0 Å². The van der Waals surface area contributed by atoms with Crippen molar-refractivity contribution in [2.24, 2.45) is 0 Å². The van der Waals surface area contributed by atoms with Crippen LogP contribution >= 0.6 is 0 Å². The molecule has 0 radical (unpaired) electrons. The van der Waals surface area contributed by atoms with Crippen molar-refractivity contribution in [2.45, 2.75) is 44.8 Å². The highest BCUT2D eigenvalue weighted by atomic mass is 16.5. The van der Waals surface area contributed by atoms with E-state index in [4.69, 9.17) is 15.2 Å². The molecule has 1 aliphatic rings. The predicted molar refractivity (Wildman–Crippen MR) is 143 cm³/mol. The van der Waals surface area contributed by atoms with Gasteiger partial charge in [0.05, 0.1) is 13.7 Å². The zero-order chi connectivity index (χ0) is 27.1. The largest absolute Gasteiger partial charge is 0.497 e. The number of carbonyl (C=O) groups excluding carboxylic acids is 3. The molecule has 38 heavy (non-hydrogen) atoms. The Labute approximate surface area is 221 Å². The van der Waals surface area contributed by atoms with Crippen molar-refractivity contribution in [3.63, 3.8) is 0 Å². The van der Waals surface area contributed by atoms with Crippen LogP contribution in [-0.4, -0.2) is 60.1 Å². The molecular formula is C28H33N5O5. The highest BCUT2D eigenvalue weighted by Crippen LogP contribution is 2.22. The SMILES string of the molecule is CCOC(=O)N[C@H](Cc1ccc(OC)cc1)C(=O)N1CCC[C@H]1C(=O)NCc1ccc2c(N)nccc2c1. The number of nitrogens with one attached hydrogen (secondary N) is 2. The fourth-order valence-electron chi connectivity index (χ4n) is 4.68. The number of nitrogens with two attached hydrogens (primary N) is 1. The minimum absolute atomic E-state index is 0.182. The summed E-state index contributed by atoms with van der Waals surface area (Å²) in [6.45, 7) is 2.62. The van der Waals surface area contributed by atoms with Crippen LogP contribution in [0.15, 0.2) is 54.7 Å². The van der Waals surface area contributed by atoms with Crippen LogP contribution in [-0.2, 0) is 27.3 Å².